The highest BCUT2D eigenvalue weighted by Gasteiger charge is 2.37. The van der Waals surface area contributed by atoms with Crippen LogP contribution in [0.25, 0.3) is 11.6 Å². The molecule has 1 aromatic carbocycles. The van der Waals surface area contributed by atoms with Crippen molar-refractivity contribution >= 4 is 10.0 Å². The number of rotatable bonds is 3. The molecule has 0 unspecified atom stereocenters. The largest absolute Gasteiger partial charge is 0.332 e. The van der Waals surface area contributed by atoms with Crippen LogP contribution in [-0.2, 0) is 30.2 Å². The first-order valence-corrected chi connectivity index (χ1v) is 9.02. The molecule has 1 aliphatic rings. The van der Waals surface area contributed by atoms with Crippen molar-refractivity contribution in [2.45, 2.75) is 24.9 Å². The lowest BCUT2D eigenvalue weighted by atomic mass is 10.2. The van der Waals surface area contributed by atoms with E-state index in [1.807, 2.05) is 0 Å². The monoisotopic (exact) mass is 381 g/mol. The topological polar surface area (TPSA) is 94.1 Å². The summed E-state index contributed by atoms with van der Waals surface area (Å²) >= 11 is 0. The van der Waals surface area contributed by atoms with Gasteiger partial charge in [0, 0.05) is 25.2 Å². The van der Waals surface area contributed by atoms with Crippen molar-refractivity contribution < 1.29 is 21.7 Å². The smallest absolute Gasteiger partial charge is 0.278 e. The van der Waals surface area contributed by atoms with Crippen LogP contribution in [0, 0.1) is 18.6 Å². The van der Waals surface area contributed by atoms with E-state index in [1.54, 1.807) is 14.0 Å². The van der Waals surface area contributed by atoms with Crippen molar-refractivity contribution in [1.82, 2.24) is 24.2 Å². The summed E-state index contributed by atoms with van der Waals surface area (Å²) < 4.78 is 60.4. The Morgan fingerprint density at radius 1 is 1.23 bits per heavy atom. The molecular formula is C15H13F2N5O3S. The van der Waals surface area contributed by atoms with Crippen LogP contribution in [0.3, 0.4) is 0 Å². The van der Waals surface area contributed by atoms with Crippen molar-refractivity contribution in [2.24, 2.45) is 7.05 Å². The second kappa shape index (κ2) is 5.68. The molecule has 0 aliphatic carbocycles. The summed E-state index contributed by atoms with van der Waals surface area (Å²) in [5.74, 6) is -1.36. The first-order chi connectivity index (χ1) is 12.3. The molecule has 0 bridgehead atoms. The summed E-state index contributed by atoms with van der Waals surface area (Å²) in [4.78, 5) is 3.54. The fraction of sp³-hybridized carbons (Fsp3) is 0.267. The van der Waals surface area contributed by atoms with Gasteiger partial charge in [0.05, 0.1) is 12.2 Å². The van der Waals surface area contributed by atoms with Crippen molar-refractivity contribution in [1.29, 1.82) is 0 Å². The predicted octanol–water partition coefficient (Wildman–Crippen LogP) is 1.76. The van der Waals surface area contributed by atoms with Crippen LogP contribution in [-0.4, -0.2) is 32.6 Å². The molecule has 8 nitrogen and oxygen atoms in total. The number of benzene rings is 1. The van der Waals surface area contributed by atoms with Crippen molar-refractivity contribution in [2.75, 3.05) is 0 Å². The van der Waals surface area contributed by atoms with Gasteiger partial charge in [0.1, 0.15) is 16.5 Å². The lowest BCUT2D eigenvalue weighted by Gasteiger charge is -2.16. The lowest BCUT2D eigenvalue weighted by molar-refractivity contribution is 0.411. The molecule has 2 aromatic heterocycles. The molecule has 0 atom stereocenters. The standard InChI is InChI=1S/C15H13F2N5O3S/c1-8-18-15(25-20-8)14-10-6-22(7-12(10)21(2)19-14)26(23,24)13-4-3-9(16)5-11(13)17/h3-5H,6-7H2,1-2H3. The van der Waals surface area contributed by atoms with E-state index in [0.717, 1.165) is 16.4 Å². The van der Waals surface area contributed by atoms with Crippen LogP contribution < -0.4 is 0 Å². The molecule has 0 saturated heterocycles. The Morgan fingerprint density at radius 2 is 2.00 bits per heavy atom. The zero-order valence-corrected chi connectivity index (χ0v) is 14.6. The minimum absolute atomic E-state index is 0.00506. The van der Waals surface area contributed by atoms with E-state index >= 15 is 0 Å². The Labute approximate surface area is 147 Å². The number of nitrogens with zero attached hydrogens (tertiary/aromatic N) is 5. The molecule has 0 spiro atoms. The minimum Gasteiger partial charge on any atom is -0.332 e. The summed E-state index contributed by atoms with van der Waals surface area (Å²) in [6, 6.07) is 2.38. The fourth-order valence-corrected chi connectivity index (χ4v) is 4.34. The van der Waals surface area contributed by atoms with E-state index in [2.05, 4.69) is 15.2 Å². The predicted molar refractivity (Wildman–Crippen MR) is 84.0 cm³/mol. The van der Waals surface area contributed by atoms with Crippen LogP contribution in [0.4, 0.5) is 8.78 Å². The van der Waals surface area contributed by atoms with Gasteiger partial charge < -0.3 is 4.52 Å². The Morgan fingerprint density at radius 3 is 2.65 bits per heavy atom. The van der Waals surface area contributed by atoms with Gasteiger partial charge in [0.15, 0.2) is 11.5 Å². The van der Waals surface area contributed by atoms with E-state index in [4.69, 9.17) is 4.52 Å². The first kappa shape index (κ1) is 16.8. The van der Waals surface area contributed by atoms with Crippen molar-refractivity contribution in [3.63, 3.8) is 0 Å². The third kappa shape index (κ3) is 2.51. The third-order valence-corrected chi connectivity index (χ3v) is 6.00. The molecule has 0 amide bonds. The number of fused-ring (bicyclic) bond motifs is 1. The zero-order valence-electron chi connectivity index (χ0n) is 13.8. The van der Waals surface area contributed by atoms with E-state index in [1.165, 1.54) is 4.68 Å². The Bertz CT molecular complexity index is 1120. The number of halogens is 2. The van der Waals surface area contributed by atoms with Crippen LogP contribution in [0.1, 0.15) is 17.1 Å². The third-order valence-electron chi connectivity index (χ3n) is 4.18. The molecule has 0 N–H and O–H groups in total. The Balaban J connectivity index is 1.73. The second-order valence-electron chi connectivity index (χ2n) is 5.89. The van der Waals surface area contributed by atoms with Crippen LogP contribution in [0.2, 0.25) is 0 Å². The number of sulfonamides is 1. The molecule has 3 heterocycles. The molecule has 26 heavy (non-hydrogen) atoms. The molecule has 1 aliphatic heterocycles. The van der Waals surface area contributed by atoms with E-state index < -0.39 is 26.6 Å². The Kier molecular flexibility index (Phi) is 3.66. The first-order valence-electron chi connectivity index (χ1n) is 7.58. The zero-order chi connectivity index (χ0) is 18.6. The average molecular weight is 381 g/mol. The van der Waals surface area contributed by atoms with E-state index in [9.17, 15) is 17.2 Å². The minimum atomic E-state index is -4.15. The average Bonchev–Trinajstić information content (AvgIpc) is 3.24. The SMILES string of the molecule is Cc1noc(-c2nn(C)c3c2CN(S(=O)(=O)c2ccc(F)cc2F)C3)n1. The van der Waals surface area contributed by atoms with Crippen LogP contribution in [0.15, 0.2) is 27.6 Å². The van der Waals surface area contributed by atoms with Crippen LogP contribution >= 0.6 is 0 Å². The van der Waals surface area contributed by atoms with Gasteiger partial charge in [-0.1, -0.05) is 5.16 Å². The number of hydrogen-bond donors (Lipinski definition) is 0. The molecule has 0 fully saturated rings. The summed E-state index contributed by atoms with van der Waals surface area (Å²) in [5.41, 5.74) is 1.64. The maximum atomic E-state index is 14.0. The highest BCUT2D eigenvalue weighted by molar-refractivity contribution is 7.89. The van der Waals surface area contributed by atoms with E-state index in [0.29, 0.717) is 28.8 Å². The van der Waals surface area contributed by atoms with Crippen LogP contribution in [0.5, 0.6) is 0 Å². The van der Waals surface area contributed by atoms with Gasteiger partial charge >= 0.3 is 0 Å². The number of aromatic nitrogens is 4. The molecule has 136 valence electrons. The highest BCUT2D eigenvalue weighted by atomic mass is 32.2. The maximum Gasteiger partial charge on any atom is 0.278 e. The van der Waals surface area contributed by atoms with Crippen molar-refractivity contribution in [3.8, 4) is 11.6 Å². The normalized spacial score (nSPS) is 14.8. The molecule has 0 saturated carbocycles. The fourth-order valence-electron chi connectivity index (χ4n) is 2.92. The number of hydrogen-bond acceptors (Lipinski definition) is 6. The summed E-state index contributed by atoms with van der Waals surface area (Å²) in [6.07, 6.45) is 0. The van der Waals surface area contributed by atoms with Gasteiger partial charge in [-0.15, -0.1) is 0 Å². The van der Waals surface area contributed by atoms with E-state index in [-0.39, 0.29) is 19.0 Å². The van der Waals surface area contributed by atoms with Gasteiger partial charge in [-0.05, 0) is 19.1 Å². The quantitative estimate of drug-likeness (QED) is 0.686. The summed E-state index contributed by atoms with van der Waals surface area (Å²) in [6.45, 7) is 1.63. The lowest BCUT2D eigenvalue weighted by Crippen LogP contribution is -2.27. The second-order valence-corrected chi connectivity index (χ2v) is 7.80. The number of aryl methyl sites for hydroxylation is 2. The van der Waals surface area contributed by atoms with Gasteiger partial charge in [0.2, 0.25) is 10.0 Å². The Hall–Kier alpha value is -2.66. The molecule has 11 heteroatoms. The van der Waals surface area contributed by atoms with Gasteiger partial charge in [-0.3, -0.25) is 4.68 Å². The highest BCUT2D eigenvalue weighted by Crippen LogP contribution is 2.34. The van der Waals surface area contributed by atoms with Gasteiger partial charge in [-0.25, -0.2) is 17.2 Å². The van der Waals surface area contributed by atoms with Crippen molar-refractivity contribution in [3.05, 3.63) is 46.9 Å². The summed E-state index contributed by atoms with van der Waals surface area (Å²) in [7, 11) is -2.48. The maximum absolute atomic E-state index is 14.0. The molecule has 0 radical (unpaired) electrons. The van der Waals surface area contributed by atoms with Gasteiger partial charge in [0.25, 0.3) is 5.89 Å². The summed E-state index contributed by atoms with van der Waals surface area (Å²) in [5, 5.41) is 8.02. The molecule has 4 rings (SSSR count). The molecular weight excluding hydrogens is 368 g/mol. The van der Waals surface area contributed by atoms with Gasteiger partial charge in [-0.2, -0.15) is 14.4 Å². The molecule has 3 aromatic rings.